The molecule has 0 aliphatic rings. The maximum absolute atomic E-state index is 13.0. The largest absolute Gasteiger partial charge is 0.573 e. The monoisotopic (exact) mass is 347 g/mol. The van der Waals surface area contributed by atoms with Crippen LogP contribution in [0.4, 0.5) is 26.3 Å². The second kappa shape index (κ2) is 5.39. The van der Waals surface area contributed by atoms with Gasteiger partial charge in [-0.2, -0.15) is 13.2 Å². The number of imidazole rings is 1. The van der Waals surface area contributed by atoms with E-state index in [2.05, 4.69) is 19.7 Å². The van der Waals surface area contributed by atoms with Crippen molar-refractivity contribution in [3.8, 4) is 17.3 Å². The smallest absolute Gasteiger partial charge is 0.406 e. The average Bonchev–Trinajstić information content (AvgIpc) is 2.87. The van der Waals surface area contributed by atoms with Gasteiger partial charge in [-0.3, -0.25) is 4.98 Å². The van der Waals surface area contributed by atoms with Gasteiger partial charge in [0.05, 0.1) is 16.6 Å². The number of benzene rings is 1. The van der Waals surface area contributed by atoms with Crippen molar-refractivity contribution in [1.82, 2.24) is 15.0 Å². The summed E-state index contributed by atoms with van der Waals surface area (Å²) in [7, 11) is 0. The number of H-pyrrole nitrogens is 1. The van der Waals surface area contributed by atoms with Crippen molar-refractivity contribution in [1.29, 1.82) is 0 Å². The number of nitrogens with one attached hydrogen (secondary N) is 1. The Balaban J connectivity index is 2.06. The van der Waals surface area contributed by atoms with Gasteiger partial charge in [0.2, 0.25) is 0 Å². The van der Waals surface area contributed by atoms with Crippen LogP contribution in [-0.2, 0) is 6.18 Å². The molecular weight excluding hydrogens is 340 g/mol. The molecule has 2 heterocycles. The molecule has 0 aliphatic carbocycles. The number of hydrogen-bond acceptors (Lipinski definition) is 3. The van der Waals surface area contributed by atoms with Gasteiger partial charge in [-0.1, -0.05) is 0 Å². The fourth-order valence-electron chi connectivity index (χ4n) is 2.12. The highest BCUT2D eigenvalue weighted by molar-refractivity contribution is 5.80. The number of fused-ring (bicyclic) bond motifs is 1. The molecule has 1 N–H and O–H groups in total. The van der Waals surface area contributed by atoms with Gasteiger partial charge in [0, 0.05) is 12.3 Å². The second-order valence-electron chi connectivity index (χ2n) is 4.71. The van der Waals surface area contributed by atoms with E-state index in [4.69, 9.17) is 0 Å². The fraction of sp³-hybridized carbons (Fsp3) is 0.143. The summed E-state index contributed by atoms with van der Waals surface area (Å²) < 4.78 is 79.4. The Hall–Kier alpha value is -2.78. The predicted octanol–water partition coefficient (Wildman–Crippen LogP) is 4.54. The van der Waals surface area contributed by atoms with Gasteiger partial charge in [-0.25, -0.2) is 4.98 Å². The lowest BCUT2D eigenvalue weighted by atomic mass is 10.2. The van der Waals surface area contributed by atoms with E-state index in [-0.39, 0.29) is 16.9 Å². The molecule has 0 radical (unpaired) electrons. The molecule has 3 aromatic rings. The molecule has 0 saturated carbocycles. The van der Waals surface area contributed by atoms with E-state index in [0.29, 0.717) is 0 Å². The van der Waals surface area contributed by atoms with Crippen LogP contribution >= 0.6 is 0 Å². The number of rotatable bonds is 2. The standard InChI is InChI=1S/C14H7F6N3O/c15-13(16,17)8-2-1-5-21-11(8)12-22-9-4-3-7(6-10(9)23-12)24-14(18,19)20/h1-6H,(H,22,23). The minimum absolute atomic E-state index is 0.0885. The zero-order valence-corrected chi connectivity index (χ0v) is 11.5. The molecule has 0 atom stereocenters. The van der Waals surface area contributed by atoms with Crippen LogP contribution in [0.25, 0.3) is 22.6 Å². The minimum atomic E-state index is -4.87. The molecule has 0 unspecified atom stereocenters. The van der Waals surface area contributed by atoms with Gasteiger partial charge in [0.25, 0.3) is 0 Å². The van der Waals surface area contributed by atoms with E-state index in [1.165, 1.54) is 6.07 Å². The number of ether oxygens (including phenoxy) is 1. The molecule has 10 heteroatoms. The lowest BCUT2D eigenvalue weighted by Crippen LogP contribution is -2.16. The first-order valence-electron chi connectivity index (χ1n) is 6.41. The topological polar surface area (TPSA) is 50.8 Å². The Morgan fingerprint density at radius 1 is 1.00 bits per heavy atom. The highest BCUT2D eigenvalue weighted by Gasteiger charge is 2.35. The van der Waals surface area contributed by atoms with Crippen LogP contribution in [0.2, 0.25) is 0 Å². The van der Waals surface area contributed by atoms with Gasteiger partial charge in [0.1, 0.15) is 11.4 Å². The number of halogens is 6. The van der Waals surface area contributed by atoms with E-state index in [9.17, 15) is 26.3 Å². The summed E-state index contributed by atoms with van der Waals surface area (Å²) in [5.74, 6) is -0.718. The third kappa shape index (κ3) is 3.26. The van der Waals surface area contributed by atoms with Gasteiger partial charge in [-0.15, -0.1) is 13.2 Å². The number of hydrogen-bond donors (Lipinski definition) is 1. The van der Waals surface area contributed by atoms with E-state index < -0.39 is 29.5 Å². The minimum Gasteiger partial charge on any atom is -0.406 e. The number of alkyl halides is 6. The van der Waals surface area contributed by atoms with Crippen LogP contribution in [0.3, 0.4) is 0 Å². The van der Waals surface area contributed by atoms with Gasteiger partial charge in [-0.05, 0) is 24.3 Å². The second-order valence-corrected chi connectivity index (χ2v) is 4.71. The van der Waals surface area contributed by atoms with Gasteiger partial charge >= 0.3 is 12.5 Å². The molecule has 126 valence electrons. The summed E-state index contributed by atoms with van der Waals surface area (Å²) >= 11 is 0. The number of nitrogens with zero attached hydrogens (tertiary/aromatic N) is 2. The van der Waals surface area contributed by atoms with E-state index in [1.54, 1.807) is 0 Å². The lowest BCUT2D eigenvalue weighted by Gasteiger charge is -2.09. The highest BCUT2D eigenvalue weighted by atomic mass is 19.4. The molecular formula is C14H7F6N3O. The molecule has 0 fully saturated rings. The van der Waals surface area contributed by atoms with Crippen molar-refractivity contribution in [2.24, 2.45) is 0 Å². The molecule has 4 nitrogen and oxygen atoms in total. The van der Waals surface area contributed by atoms with Crippen molar-refractivity contribution in [3.05, 3.63) is 42.1 Å². The Kier molecular flexibility index (Phi) is 3.61. The molecule has 24 heavy (non-hydrogen) atoms. The molecule has 0 amide bonds. The Labute approximate surface area is 130 Å². The first-order valence-corrected chi connectivity index (χ1v) is 6.41. The Morgan fingerprint density at radius 3 is 2.42 bits per heavy atom. The summed E-state index contributed by atoms with van der Waals surface area (Å²) in [6, 6.07) is 5.18. The normalized spacial score (nSPS) is 12.6. The first-order chi connectivity index (χ1) is 11.1. The Bertz CT molecular complexity index is 884. The van der Waals surface area contributed by atoms with Crippen LogP contribution in [0, 0.1) is 0 Å². The summed E-state index contributed by atoms with van der Waals surface area (Å²) in [4.78, 5) is 10.1. The van der Waals surface area contributed by atoms with Crippen LogP contribution in [0.15, 0.2) is 36.5 Å². The molecule has 0 saturated heterocycles. The number of aromatic amines is 1. The third-order valence-electron chi connectivity index (χ3n) is 3.02. The molecule has 0 bridgehead atoms. The van der Waals surface area contributed by atoms with Gasteiger partial charge in [0.15, 0.2) is 5.82 Å². The van der Waals surface area contributed by atoms with E-state index >= 15 is 0 Å². The summed E-state index contributed by atoms with van der Waals surface area (Å²) in [6.07, 6.45) is -8.36. The predicted molar refractivity (Wildman–Crippen MR) is 71.0 cm³/mol. The molecule has 0 aliphatic heterocycles. The van der Waals surface area contributed by atoms with Crippen LogP contribution < -0.4 is 4.74 Å². The number of aromatic nitrogens is 3. The number of pyridine rings is 1. The highest BCUT2D eigenvalue weighted by Crippen LogP contribution is 2.35. The zero-order chi connectivity index (χ0) is 17.5. The van der Waals surface area contributed by atoms with E-state index in [0.717, 1.165) is 30.5 Å². The molecule has 0 spiro atoms. The van der Waals surface area contributed by atoms with Crippen LogP contribution in [0.1, 0.15) is 5.56 Å². The van der Waals surface area contributed by atoms with E-state index in [1.807, 2.05) is 0 Å². The maximum atomic E-state index is 13.0. The van der Waals surface area contributed by atoms with Crippen molar-refractivity contribution in [2.75, 3.05) is 0 Å². The summed E-state index contributed by atoms with van der Waals surface area (Å²) in [5.41, 5.74) is -1.18. The molecule has 1 aromatic carbocycles. The average molecular weight is 347 g/mol. The zero-order valence-electron chi connectivity index (χ0n) is 11.5. The van der Waals surface area contributed by atoms with Crippen LogP contribution in [0.5, 0.6) is 5.75 Å². The molecule has 2 aromatic heterocycles. The molecule has 3 rings (SSSR count). The first kappa shape index (κ1) is 16.1. The van der Waals surface area contributed by atoms with Gasteiger partial charge < -0.3 is 9.72 Å². The van der Waals surface area contributed by atoms with Crippen molar-refractivity contribution in [2.45, 2.75) is 12.5 Å². The van der Waals surface area contributed by atoms with Crippen molar-refractivity contribution < 1.29 is 31.1 Å². The van der Waals surface area contributed by atoms with Crippen molar-refractivity contribution >= 4 is 11.0 Å². The maximum Gasteiger partial charge on any atom is 0.573 e. The Morgan fingerprint density at radius 2 is 1.75 bits per heavy atom. The third-order valence-corrected chi connectivity index (χ3v) is 3.02. The summed E-state index contributed by atoms with van der Waals surface area (Å²) in [6.45, 7) is 0. The van der Waals surface area contributed by atoms with Crippen molar-refractivity contribution in [3.63, 3.8) is 0 Å². The summed E-state index contributed by atoms with van der Waals surface area (Å²) in [5, 5.41) is 0. The quantitative estimate of drug-likeness (QED) is 0.693. The fourth-order valence-corrected chi connectivity index (χ4v) is 2.12. The van der Waals surface area contributed by atoms with Crippen LogP contribution in [-0.4, -0.2) is 21.3 Å². The lowest BCUT2D eigenvalue weighted by molar-refractivity contribution is -0.274. The SMILES string of the molecule is FC(F)(F)Oc1ccc2nc(-c3ncccc3C(F)(F)F)[nH]c2c1.